The van der Waals surface area contributed by atoms with Crippen LogP contribution in [-0.4, -0.2) is 35.5 Å². The molecule has 2 saturated carbocycles. The van der Waals surface area contributed by atoms with Crippen LogP contribution in [0.15, 0.2) is 0 Å². The molecule has 2 aliphatic carbocycles. The summed E-state index contributed by atoms with van der Waals surface area (Å²) in [6.45, 7) is 3.24. The van der Waals surface area contributed by atoms with Crippen molar-refractivity contribution in [2.45, 2.75) is 76.4 Å². The standard InChI is InChI=1S/C15H26N2O/c1-11(12-5-3-2-4-6-12)17-10-9-14(15(17)18)16-13-7-8-13/h11-14,16H,2-10H2,1H3. The predicted molar refractivity (Wildman–Crippen MR) is 72.3 cm³/mol. The summed E-state index contributed by atoms with van der Waals surface area (Å²) in [6.07, 6.45) is 10.3. The van der Waals surface area contributed by atoms with E-state index in [2.05, 4.69) is 17.1 Å². The van der Waals surface area contributed by atoms with E-state index in [1.165, 1.54) is 44.9 Å². The summed E-state index contributed by atoms with van der Waals surface area (Å²) in [7, 11) is 0. The summed E-state index contributed by atoms with van der Waals surface area (Å²) in [5.74, 6) is 1.13. The number of carbonyl (C=O) groups excluding carboxylic acids is 1. The fraction of sp³-hybridized carbons (Fsp3) is 0.933. The highest BCUT2D eigenvalue weighted by Gasteiger charge is 2.39. The molecule has 18 heavy (non-hydrogen) atoms. The first-order valence-corrected chi connectivity index (χ1v) is 7.82. The van der Waals surface area contributed by atoms with Crippen LogP contribution >= 0.6 is 0 Å². The lowest BCUT2D eigenvalue weighted by Crippen LogP contribution is -2.45. The number of nitrogens with zero attached hydrogens (tertiary/aromatic N) is 1. The lowest BCUT2D eigenvalue weighted by atomic mass is 9.84. The van der Waals surface area contributed by atoms with Crippen molar-refractivity contribution >= 4 is 5.91 Å². The van der Waals surface area contributed by atoms with Gasteiger partial charge in [0, 0.05) is 18.6 Å². The maximum Gasteiger partial charge on any atom is 0.240 e. The lowest BCUT2D eigenvalue weighted by molar-refractivity contribution is -0.132. The molecule has 102 valence electrons. The second-order valence-corrected chi connectivity index (χ2v) is 6.45. The molecule has 3 fully saturated rings. The Kier molecular flexibility index (Phi) is 3.60. The number of nitrogens with one attached hydrogen (secondary N) is 1. The fourth-order valence-electron chi connectivity index (χ4n) is 3.67. The van der Waals surface area contributed by atoms with Crippen molar-refractivity contribution in [1.82, 2.24) is 10.2 Å². The van der Waals surface area contributed by atoms with Gasteiger partial charge in [-0.05, 0) is 44.9 Å². The summed E-state index contributed by atoms with van der Waals surface area (Å²) >= 11 is 0. The van der Waals surface area contributed by atoms with Gasteiger partial charge in [0.15, 0.2) is 0 Å². The number of hydrogen-bond donors (Lipinski definition) is 1. The van der Waals surface area contributed by atoms with Crippen molar-refractivity contribution < 1.29 is 4.79 Å². The normalized spacial score (nSPS) is 31.9. The first-order valence-electron chi connectivity index (χ1n) is 7.82. The Labute approximate surface area is 110 Å². The number of hydrogen-bond acceptors (Lipinski definition) is 2. The van der Waals surface area contributed by atoms with Gasteiger partial charge in [-0.3, -0.25) is 4.79 Å². The molecule has 2 unspecified atom stereocenters. The van der Waals surface area contributed by atoms with Crippen molar-refractivity contribution in [3.05, 3.63) is 0 Å². The largest absolute Gasteiger partial charge is 0.338 e. The van der Waals surface area contributed by atoms with Crippen LogP contribution in [0.4, 0.5) is 0 Å². The van der Waals surface area contributed by atoms with Gasteiger partial charge >= 0.3 is 0 Å². The van der Waals surface area contributed by atoms with E-state index in [1.807, 2.05) is 0 Å². The number of likely N-dealkylation sites (tertiary alicyclic amines) is 1. The van der Waals surface area contributed by atoms with Crippen LogP contribution in [0, 0.1) is 5.92 Å². The molecule has 3 nitrogen and oxygen atoms in total. The zero-order valence-corrected chi connectivity index (χ0v) is 11.5. The Morgan fingerprint density at radius 3 is 2.50 bits per heavy atom. The van der Waals surface area contributed by atoms with Gasteiger partial charge in [-0.1, -0.05) is 19.3 Å². The van der Waals surface area contributed by atoms with Crippen molar-refractivity contribution in [2.24, 2.45) is 5.92 Å². The Hall–Kier alpha value is -0.570. The van der Waals surface area contributed by atoms with Crippen LogP contribution in [0.25, 0.3) is 0 Å². The van der Waals surface area contributed by atoms with Gasteiger partial charge in [0.05, 0.1) is 6.04 Å². The third-order valence-corrected chi connectivity index (χ3v) is 5.08. The molecule has 2 atom stereocenters. The third kappa shape index (κ3) is 2.56. The van der Waals surface area contributed by atoms with E-state index in [9.17, 15) is 4.79 Å². The zero-order chi connectivity index (χ0) is 12.5. The van der Waals surface area contributed by atoms with Crippen LogP contribution in [-0.2, 0) is 4.79 Å². The quantitative estimate of drug-likeness (QED) is 0.830. The molecule has 0 radical (unpaired) electrons. The molecule has 1 aliphatic heterocycles. The van der Waals surface area contributed by atoms with Crippen LogP contribution in [0.5, 0.6) is 0 Å². The van der Waals surface area contributed by atoms with Crippen LogP contribution in [0.2, 0.25) is 0 Å². The molecule has 1 amide bonds. The van der Waals surface area contributed by atoms with Crippen LogP contribution < -0.4 is 5.32 Å². The monoisotopic (exact) mass is 250 g/mol. The third-order valence-electron chi connectivity index (χ3n) is 5.08. The highest BCUT2D eigenvalue weighted by atomic mass is 16.2. The van der Waals surface area contributed by atoms with E-state index in [0.29, 0.717) is 18.0 Å². The second-order valence-electron chi connectivity index (χ2n) is 6.45. The van der Waals surface area contributed by atoms with E-state index in [1.54, 1.807) is 0 Å². The van der Waals surface area contributed by atoms with Crippen LogP contribution in [0.1, 0.15) is 58.3 Å². The summed E-state index contributed by atoms with van der Waals surface area (Å²) < 4.78 is 0. The summed E-state index contributed by atoms with van der Waals surface area (Å²) in [4.78, 5) is 14.6. The fourth-order valence-corrected chi connectivity index (χ4v) is 3.67. The SMILES string of the molecule is CC(C1CCCCC1)N1CCC(NC2CC2)C1=O. The zero-order valence-electron chi connectivity index (χ0n) is 11.5. The van der Waals surface area contributed by atoms with Crippen molar-refractivity contribution in [1.29, 1.82) is 0 Å². The van der Waals surface area contributed by atoms with E-state index in [4.69, 9.17) is 0 Å². The Bertz CT molecular complexity index is 308. The highest BCUT2D eigenvalue weighted by Crippen LogP contribution is 2.31. The molecule has 0 bridgehead atoms. The minimum Gasteiger partial charge on any atom is -0.338 e. The topological polar surface area (TPSA) is 32.3 Å². The van der Waals surface area contributed by atoms with Crippen molar-refractivity contribution in [3.63, 3.8) is 0 Å². The molecule has 0 aromatic heterocycles. The van der Waals surface area contributed by atoms with Gasteiger partial charge in [-0.15, -0.1) is 0 Å². The van der Waals surface area contributed by atoms with Gasteiger partial charge in [-0.25, -0.2) is 0 Å². The van der Waals surface area contributed by atoms with Gasteiger partial charge in [-0.2, -0.15) is 0 Å². The Morgan fingerprint density at radius 1 is 1.11 bits per heavy atom. The van der Waals surface area contributed by atoms with E-state index >= 15 is 0 Å². The molecule has 1 heterocycles. The van der Waals surface area contributed by atoms with Gasteiger partial charge < -0.3 is 10.2 Å². The molecule has 3 heteroatoms. The first-order chi connectivity index (χ1) is 8.75. The number of amides is 1. The Morgan fingerprint density at radius 2 is 1.83 bits per heavy atom. The summed E-state index contributed by atoms with van der Waals surface area (Å²) in [5.41, 5.74) is 0. The smallest absolute Gasteiger partial charge is 0.240 e. The molecule has 0 aromatic rings. The van der Waals surface area contributed by atoms with E-state index < -0.39 is 0 Å². The molecular formula is C15H26N2O. The summed E-state index contributed by atoms with van der Waals surface area (Å²) in [5, 5.41) is 3.50. The average molecular weight is 250 g/mol. The maximum absolute atomic E-state index is 12.4. The second kappa shape index (κ2) is 5.20. The van der Waals surface area contributed by atoms with Crippen LogP contribution in [0.3, 0.4) is 0 Å². The molecule has 3 aliphatic rings. The van der Waals surface area contributed by atoms with E-state index in [0.717, 1.165) is 18.9 Å². The van der Waals surface area contributed by atoms with Gasteiger partial charge in [0.1, 0.15) is 0 Å². The molecule has 1 saturated heterocycles. The number of carbonyl (C=O) groups is 1. The predicted octanol–water partition coefficient (Wildman–Crippen LogP) is 2.31. The maximum atomic E-state index is 12.4. The average Bonchev–Trinajstić information content (AvgIpc) is 3.15. The first kappa shape index (κ1) is 12.5. The summed E-state index contributed by atoms with van der Waals surface area (Å²) in [6, 6.07) is 1.23. The van der Waals surface area contributed by atoms with Gasteiger partial charge in [0.25, 0.3) is 0 Å². The highest BCUT2D eigenvalue weighted by molar-refractivity contribution is 5.84. The van der Waals surface area contributed by atoms with Crippen molar-refractivity contribution in [3.8, 4) is 0 Å². The van der Waals surface area contributed by atoms with Gasteiger partial charge in [0.2, 0.25) is 5.91 Å². The Balaban J connectivity index is 1.56. The molecule has 1 N–H and O–H groups in total. The number of rotatable bonds is 4. The van der Waals surface area contributed by atoms with E-state index in [-0.39, 0.29) is 6.04 Å². The minimum absolute atomic E-state index is 0.128. The molecule has 0 aromatic carbocycles. The molecular weight excluding hydrogens is 224 g/mol. The minimum atomic E-state index is 0.128. The molecule has 0 spiro atoms. The van der Waals surface area contributed by atoms with Crippen molar-refractivity contribution in [2.75, 3.05) is 6.54 Å². The molecule has 3 rings (SSSR count). The lowest BCUT2D eigenvalue weighted by Gasteiger charge is -2.34.